The predicted molar refractivity (Wildman–Crippen MR) is 96.9 cm³/mol. The molecule has 1 aromatic carbocycles. The minimum Gasteiger partial charge on any atom is -0.508 e. The second-order valence-corrected chi connectivity index (χ2v) is 5.96. The van der Waals surface area contributed by atoms with Gasteiger partial charge < -0.3 is 20.8 Å². The molecule has 2 rings (SSSR count). The summed E-state index contributed by atoms with van der Waals surface area (Å²) in [4.78, 5) is 39.1. The average molecular weight is 371 g/mol. The number of pyridine rings is 1. The molecule has 1 aromatic heterocycles. The Morgan fingerprint density at radius 1 is 1.00 bits per heavy atom. The number of hydrogen-bond acceptors (Lipinski definition) is 5. The predicted octanol–water partition coefficient (Wildman–Crippen LogP) is 0.648. The van der Waals surface area contributed by atoms with Gasteiger partial charge in [-0.2, -0.15) is 0 Å². The Balaban J connectivity index is 1.96. The van der Waals surface area contributed by atoms with E-state index >= 15 is 0 Å². The second-order valence-electron chi connectivity index (χ2n) is 5.96. The van der Waals surface area contributed by atoms with Crippen LogP contribution in [0.15, 0.2) is 48.8 Å². The number of aryl methyl sites for hydroxylation is 1. The van der Waals surface area contributed by atoms with Crippen molar-refractivity contribution >= 4 is 17.8 Å². The number of aliphatic carboxylic acids is 1. The second kappa shape index (κ2) is 9.91. The first-order valence-corrected chi connectivity index (χ1v) is 8.39. The van der Waals surface area contributed by atoms with Gasteiger partial charge in [-0.3, -0.25) is 19.4 Å². The van der Waals surface area contributed by atoms with Gasteiger partial charge in [-0.05, 0) is 41.8 Å². The number of hydrogen-bond donors (Lipinski definition) is 4. The van der Waals surface area contributed by atoms with Gasteiger partial charge in [-0.25, -0.2) is 0 Å². The molecule has 1 atom stereocenters. The summed E-state index contributed by atoms with van der Waals surface area (Å²) in [7, 11) is 0. The van der Waals surface area contributed by atoms with Gasteiger partial charge in [0.15, 0.2) is 0 Å². The van der Waals surface area contributed by atoms with Crippen molar-refractivity contribution < 1.29 is 24.6 Å². The minimum atomic E-state index is -1.16. The molecule has 0 radical (unpaired) electrons. The maximum Gasteiger partial charge on any atom is 0.322 e. The molecule has 2 amide bonds. The summed E-state index contributed by atoms with van der Waals surface area (Å²) in [6, 6.07) is 9.07. The Morgan fingerprint density at radius 2 is 1.67 bits per heavy atom. The van der Waals surface area contributed by atoms with Gasteiger partial charge in [-0.15, -0.1) is 0 Å². The first-order valence-electron chi connectivity index (χ1n) is 8.39. The molecule has 1 heterocycles. The number of aromatic nitrogens is 1. The molecule has 0 saturated heterocycles. The zero-order valence-electron chi connectivity index (χ0n) is 14.6. The van der Waals surface area contributed by atoms with E-state index in [4.69, 9.17) is 5.11 Å². The van der Waals surface area contributed by atoms with Gasteiger partial charge in [0.05, 0.1) is 0 Å². The van der Waals surface area contributed by atoms with Gasteiger partial charge in [-0.1, -0.05) is 12.1 Å². The molecule has 0 fully saturated rings. The fraction of sp³-hybridized carbons (Fsp3) is 0.263. The van der Waals surface area contributed by atoms with Crippen molar-refractivity contribution in [1.29, 1.82) is 0 Å². The molecule has 0 aliphatic heterocycles. The van der Waals surface area contributed by atoms with Gasteiger partial charge in [0.2, 0.25) is 11.8 Å². The molecule has 0 saturated carbocycles. The van der Waals surface area contributed by atoms with Gasteiger partial charge in [0.1, 0.15) is 18.3 Å². The van der Waals surface area contributed by atoms with E-state index in [1.807, 2.05) is 0 Å². The van der Waals surface area contributed by atoms with Gasteiger partial charge in [0.25, 0.3) is 0 Å². The monoisotopic (exact) mass is 371 g/mol. The van der Waals surface area contributed by atoms with Crippen LogP contribution in [0.25, 0.3) is 0 Å². The van der Waals surface area contributed by atoms with Crippen LogP contribution in [-0.4, -0.2) is 45.6 Å². The van der Waals surface area contributed by atoms with Crippen molar-refractivity contribution in [2.75, 3.05) is 6.54 Å². The van der Waals surface area contributed by atoms with E-state index in [0.29, 0.717) is 6.42 Å². The third-order valence-corrected chi connectivity index (χ3v) is 3.83. The topological polar surface area (TPSA) is 129 Å². The molecule has 0 aliphatic carbocycles. The highest BCUT2D eigenvalue weighted by Crippen LogP contribution is 2.11. The standard InChI is InChI=1S/C19H21N3O5/c23-15-4-1-13(2-5-15)3-6-17(24)22-16(19(27)21-12-18(25)26)11-14-7-9-20-10-8-14/h1-2,4-5,7-10,16,23H,3,6,11-12H2,(H,21,27)(H,22,24)(H,25,26). The Morgan fingerprint density at radius 3 is 2.30 bits per heavy atom. The van der Waals surface area contributed by atoms with Crippen molar-refractivity contribution in [3.8, 4) is 5.75 Å². The number of rotatable bonds is 9. The summed E-state index contributed by atoms with van der Waals surface area (Å²) < 4.78 is 0. The van der Waals surface area contributed by atoms with Crippen molar-refractivity contribution in [3.63, 3.8) is 0 Å². The zero-order valence-corrected chi connectivity index (χ0v) is 14.6. The zero-order chi connectivity index (χ0) is 19.6. The molecule has 0 bridgehead atoms. The van der Waals surface area contributed by atoms with E-state index < -0.39 is 24.5 Å². The highest BCUT2D eigenvalue weighted by molar-refractivity contribution is 5.89. The summed E-state index contributed by atoms with van der Waals surface area (Å²) in [5.41, 5.74) is 1.67. The largest absolute Gasteiger partial charge is 0.508 e. The smallest absolute Gasteiger partial charge is 0.322 e. The molecule has 1 unspecified atom stereocenters. The molecule has 0 spiro atoms. The lowest BCUT2D eigenvalue weighted by molar-refractivity contribution is -0.138. The van der Waals surface area contributed by atoms with Crippen molar-refractivity contribution in [2.45, 2.75) is 25.3 Å². The summed E-state index contributed by atoms with van der Waals surface area (Å²) in [6.45, 7) is -0.519. The first-order chi connectivity index (χ1) is 12.9. The van der Waals surface area contributed by atoms with Crippen LogP contribution in [0.1, 0.15) is 17.5 Å². The molecule has 8 nitrogen and oxygen atoms in total. The number of carboxylic acid groups (broad SMARTS) is 1. The van der Waals surface area contributed by atoms with E-state index in [2.05, 4.69) is 15.6 Å². The SMILES string of the molecule is O=C(O)CNC(=O)C(Cc1ccncc1)NC(=O)CCc1ccc(O)cc1. The molecular formula is C19H21N3O5. The molecule has 4 N–H and O–H groups in total. The quantitative estimate of drug-likeness (QED) is 0.512. The maximum atomic E-state index is 12.3. The van der Waals surface area contributed by atoms with E-state index in [0.717, 1.165) is 11.1 Å². The Labute approximate surface area is 156 Å². The summed E-state index contributed by atoms with van der Waals surface area (Å²) in [5.74, 6) is -1.90. The van der Waals surface area contributed by atoms with Crippen LogP contribution in [0.4, 0.5) is 0 Å². The molecule has 27 heavy (non-hydrogen) atoms. The van der Waals surface area contributed by atoms with Crippen molar-refractivity contribution in [1.82, 2.24) is 15.6 Å². The Bertz CT molecular complexity index is 778. The van der Waals surface area contributed by atoms with Gasteiger partial charge >= 0.3 is 5.97 Å². The average Bonchev–Trinajstić information content (AvgIpc) is 2.66. The van der Waals surface area contributed by atoms with Crippen LogP contribution in [-0.2, 0) is 27.2 Å². The summed E-state index contributed by atoms with van der Waals surface area (Å²) >= 11 is 0. The highest BCUT2D eigenvalue weighted by Gasteiger charge is 2.21. The number of nitrogens with one attached hydrogen (secondary N) is 2. The van der Waals surface area contributed by atoms with E-state index in [9.17, 15) is 19.5 Å². The number of aromatic hydroxyl groups is 1. The molecule has 0 aliphatic rings. The number of carboxylic acids is 1. The Hall–Kier alpha value is -3.42. The molecule has 142 valence electrons. The minimum absolute atomic E-state index is 0.149. The van der Waals surface area contributed by atoms with E-state index in [1.165, 1.54) is 0 Å². The third kappa shape index (κ3) is 7.15. The Kier molecular flexibility index (Phi) is 7.30. The first kappa shape index (κ1) is 19.9. The van der Waals surface area contributed by atoms with Crippen molar-refractivity contribution in [2.24, 2.45) is 0 Å². The number of phenols is 1. The lowest BCUT2D eigenvalue weighted by Gasteiger charge is -2.18. The summed E-state index contributed by atoms with van der Waals surface area (Å²) in [6.07, 6.45) is 3.98. The van der Waals surface area contributed by atoms with E-state index in [-0.39, 0.29) is 24.5 Å². The molecule has 2 aromatic rings. The lowest BCUT2D eigenvalue weighted by atomic mass is 10.1. The van der Waals surface area contributed by atoms with Crippen LogP contribution in [0.3, 0.4) is 0 Å². The van der Waals surface area contributed by atoms with Crippen LogP contribution < -0.4 is 10.6 Å². The fourth-order valence-corrected chi connectivity index (χ4v) is 2.44. The third-order valence-electron chi connectivity index (χ3n) is 3.83. The summed E-state index contributed by atoms with van der Waals surface area (Å²) in [5, 5.41) is 22.9. The number of phenolic OH excluding ortho intramolecular Hbond substituents is 1. The number of carbonyl (C=O) groups is 3. The van der Waals surface area contributed by atoms with Crippen LogP contribution in [0.5, 0.6) is 5.75 Å². The van der Waals surface area contributed by atoms with Crippen LogP contribution in [0, 0.1) is 0 Å². The van der Waals surface area contributed by atoms with Crippen molar-refractivity contribution in [3.05, 3.63) is 59.9 Å². The highest BCUT2D eigenvalue weighted by atomic mass is 16.4. The molecular weight excluding hydrogens is 350 g/mol. The van der Waals surface area contributed by atoms with Crippen LogP contribution in [0.2, 0.25) is 0 Å². The van der Waals surface area contributed by atoms with Gasteiger partial charge in [0, 0.05) is 25.2 Å². The maximum absolute atomic E-state index is 12.3. The fourth-order valence-electron chi connectivity index (χ4n) is 2.44. The number of amides is 2. The van der Waals surface area contributed by atoms with E-state index in [1.54, 1.807) is 48.8 Å². The lowest BCUT2D eigenvalue weighted by Crippen LogP contribution is -2.49. The number of nitrogens with zero attached hydrogens (tertiary/aromatic N) is 1. The molecule has 8 heteroatoms. The number of benzene rings is 1. The van der Waals surface area contributed by atoms with Crippen LogP contribution >= 0.6 is 0 Å². The number of carbonyl (C=O) groups excluding carboxylic acids is 2. The normalized spacial score (nSPS) is 11.4.